The lowest BCUT2D eigenvalue weighted by Crippen LogP contribution is -2.22. The summed E-state index contributed by atoms with van der Waals surface area (Å²) in [5, 5.41) is 2.65. The SMILES string of the molecule is C[C@@H]1C[C@@H]1C(=O)OCC(=O)Nc1ccccc1C(=O)c1ccccc1. The van der Waals surface area contributed by atoms with E-state index in [1.54, 1.807) is 48.5 Å². The minimum absolute atomic E-state index is 0.0836. The summed E-state index contributed by atoms with van der Waals surface area (Å²) < 4.78 is 5.02. The fourth-order valence-electron chi connectivity index (χ4n) is 2.62. The van der Waals surface area contributed by atoms with E-state index in [0.29, 0.717) is 22.7 Å². The van der Waals surface area contributed by atoms with Crippen molar-refractivity contribution in [1.29, 1.82) is 0 Å². The summed E-state index contributed by atoms with van der Waals surface area (Å²) in [7, 11) is 0. The molecule has 0 aliphatic heterocycles. The van der Waals surface area contributed by atoms with Crippen LogP contribution < -0.4 is 5.32 Å². The molecule has 2 aromatic carbocycles. The van der Waals surface area contributed by atoms with Gasteiger partial charge in [0.1, 0.15) is 0 Å². The minimum atomic E-state index is -0.463. The van der Waals surface area contributed by atoms with Crippen molar-refractivity contribution in [2.24, 2.45) is 11.8 Å². The minimum Gasteiger partial charge on any atom is -0.455 e. The number of ether oxygens (including phenoxy) is 1. The standard InChI is InChI=1S/C20H19NO4/c1-13-11-16(13)20(24)25-12-18(22)21-17-10-6-5-9-15(17)19(23)14-7-3-2-4-8-14/h2-10,13,16H,11-12H2,1H3,(H,21,22)/t13-,16+/m1/s1. The maximum Gasteiger partial charge on any atom is 0.309 e. The first kappa shape index (κ1) is 16.9. The molecule has 1 aliphatic rings. The molecular formula is C20H19NO4. The van der Waals surface area contributed by atoms with E-state index in [0.717, 1.165) is 6.42 Å². The summed E-state index contributed by atoms with van der Waals surface area (Å²) in [6.45, 7) is 1.62. The summed E-state index contributed by atoms with van der Waals surface area (Å²) in [5.41, 5.74) is 1.33. The second kappa shape index (κ2) is 7.30. The molecule has 1 fully saturated rings. The Balaban J connectivity index is 1.65. The third-order valence-electron chi connectivity index (χ3n) is 4.24. The van der Waals surface area contributed by atoms with Crippen LogP contribution in [0.1, 0.15) is 29.3 Å². The number of rotatable bonds is 6. The number of hydrogen-bond donors (Lipinski definition) is 1. The second-order valence-electron chi connectivity index (χ2n) is 6.22. The van der Waals surface area contributed by atoms with Gasteiger partial charge in [-0.05, 0) is 24.5 Å². The first-order chi connectivity index (χ1) is 12.1. The summed E-state index contributed by atoms with van der Waals surface area (Å²) in [6, 6.07) is 15.6. The molecule has 0 radical (unpaired) electrons. The highest BCUT2D eigenvalue weighted by Gasteiger charge is 2.40. The Morgan fingerprint density at radius 1 is 1.04 bits per heavy atom. The van der Waals surface area contributed by atoms with Crippen LogP contribution in [0.25, 0.3) is 0 Å². The molecule has 25 heavy (non-hydrogen) atoms. The van der Waals surface area contributed by atoms with Gasteiger partial charge in [0, 0.05) is 11.1 Å². The molecule has 1 amide bonds. The van der Waals surface area contributed by atoms with Gasteiger partial charge in [0.2, 0.25) is 0 Å². The number of amides is 1. The third-order valence-corrected chi connectivity index (χ3v) is 4.24. The molecule has 3 rings (SSSR count). The van der Waals surface area contributed by atoms with E-state index in [1.165, 1.54) is 0 Å². The van der Waals surface area contributed by atoms with Gasteiger partial charge in [0.25, 0.3) is 5.91 Å². The maximum atomic E-state index is 12.6. The second-order valence-corrected chi connectivity index (χ2v) is 6.22. The Morgan fingerprint density at radius 3 is 2.36 bits per heavy atom. The Morgan fingerprint density at radius 2 is 1.68 bits per heavy atom. The average Bonchev–Trinajstić information content (AvgIpc) is 3.37. The van der Waals surface area contributed by atoms with Crippen LogP contribution in [-0.4, -0.2) is 24.3 Å². The third kappa shape index (κ3) is 4.12. The summed E-state index contributed by atoms with van der Waals surface area (Å²) in [5.74, 6) is -0.730. The molecule has 5 heteroatoms. The first-order valence-corrected chi connectivity index (χ1v) is 8.21. The van der Waals surface area contributed by atoms with Crippen LogP contribution in [-0.2, 0) is 14.3 Å². The molecule has 0 unspecified atom stereocenters. The highest BCUT2D eigenvalue weighted by Crippen LogP contribution is 2.38. The van der Waals surface area contributed by atoms with Crippen molar-refractivity contribution in [1.82, 2.24) is 0 Å². The van der Waals surface area contributed by atoms with Gasteiger partial charge in [-0.3, -0.25) is 14.4 Å². The van der Waals surface area contributed by atoms with Gasteiger partial charge < -0.3 is 10.1 Å². The number of esters is 1. The van der Waals surface area contributed by atoms with E-state index in [9.17, 15) is 14.4 Å². The summed E-state index contributed by atoms with van der Waals surface area (Å²) in [4.78, 5) is 36.3. The van der Waals surface area contributed by atoms with Gasteiger partial charge in [0.15, 0.2) is 12.4 Å². The van der Waals surface area contributed by atoms with Gasteiger partial charge >= 0.3 is 5.97 Å². The Bertz CT molecular complexity index is 800. The lowest BCUT2D eigenvalue weighted by molar-refractivity contribution is -0.148. The van der Waals surface area contributed by atoms with Gasteiger partial charge in [-0.1, -0.05) is 49.4 Å². The highest BCUT2D eigenvalue weighted by atomic mass is 16.5. The largest absolute Gasteiger partial charge is 0.455 e. The van der Waals surface area contributed by atoms with Crippen molar-refractivity contribution in [2.45, 2.75) is 13.3 Å². The van der Waals surface area contributed by atoms with Crippen LogP contribution in [0.2, 0.25) is 0 Å². The summed E-state index contributed by atoms with van der Waals surface area (Å²) >= 11 is 0. The Hall–Kier alpha value is -2.95. The van der Waals surface area contributed by atoms with Crippen LogP contribution in [0.15, 0.2) is 54.6 Å². The van der Waals surface area contributed by atoms with Crippen molar-refractivity contribution in [3.05, 3.63) is 65.7 Å². The molecule has 2 atom stereocenters. The van der Waals surface area contributed by atoms with Gasteiger partial charge in [-0.25, -0.2) is 0 Å². The van der Waals surface area contributed by atoms with Crippen LogP contribution in [0.5, 0.6) is 0 Å². The molecular weight excluding hydrogens is 318 g/mol. The van der Waals surface area contributed by atoms with E-state index in [1.807, 2.05) is 13.0 Å². The Labute approximate surface area is 146 Å². The number of carbonyl (C=O) groups excluding carboxylic acids is 3. The highest BCUT2D eigenvalue weighted by molar-refractivity contribution is 6.13. The number of carbonyl (C=O) groups is 3. The molecule has 0 bridgehead atoms. The molecule has 0 spiro atoms. The zero-order chi connectivity index (χ0) is 17.8. The molecule has 1 aliphatic carbocycles. The monoisotopic (exact) mass is 337 g/mol. The molecule has 0 aromatic heterocycles. The number of para-hydroxylation sites is 1. The average molecular weight is 337 g/mol. The van der Waals surface area contributed by atoms with Crippen molar-refractivity contribution in [2.75, 3.05) is 11.9 Å². The molecule has 0 saturated heterocycles. The van der Waals surface area contributed by atoms with Gasteiger partial charge in [-0.15, -0.1) is 0 Å². The first-order valence-electron chi connectivity index (χ1n) is 8.21. The predicted molar refractivity (Wildman–Crippen MR) is 93.2 cm³/mol. The van der Waals surface area contributed by atoms with Gasteiger partial charge in [0.05, 0.1) is 11.6 Å². The van der Waals surface area contributed by atoms with Crippen LogP contribution in [0, 0.1) is 11.8 Å². The van der Waals surface area contributed by atoms with E-state index < -0.39 is 5.91 Å². The maximum absolute atomic E-state index is 12.6. The van der Waals surface area contributed by atoms with Crippen molar-refractivity contribution >= 4 is 23.3 Å². The number of hydrogen-bond acceptors (Lipinski definition) is 4. The zero-order valence-corrected chi connectivity index (χ0v) is 13.9. The number of nitrogens with one attached hydrogen (secondary N) is 1. The quantitative estimate of drug-likeness (QED) is 0.649. The fraction of sp³-hybridized carbons (Fsp3) is 0.250. The van der Waals surface area contributed by atoms with E-state index >= 15 is 0 Å². The molecule has 5 nitrogen and oxygen atoms in total. The van der Waals surface area contributed by atoms with E-state index in [4.69, 9.17) is 4.74 Å². The van der Waals surface area contributed by atoms with Crippen molar-refractivity contribution in [3.63, 3.8) is 0 Å². The number of anilines is 1. The topological polar surface area (TPSA) is 72.5 Å². The van der Waals surface area contributed by atoms with E-state index in [2.05, 4.69) is 5.32 Å². The fourth-order valence-corrected chi connectivity index (χ4v) is 2.62. The smallest absolute Gasteiger partial charge is 0.309 e. The lowest BCUT2D eigenvalue weighted by atomic mass is 10.0. The molecule has 128 valence electrons. The normalized spacial score (nSPS) is 18.3. The lowest BCUT2D eigenvalue weighted by Gasteiger charge is -2.11. The van der Waals surface area contributed by atoms with Crippen LogP contribution in [0.4, 0.5) is 5.69 Å². The molecule has 2 aromatic rings. The van der Waals surface area contributed by atoms with Crippen LogP contribution in [0.3, 0.4) is 0 Å². The van der Waals surface area contributed by atoms with Crippen LogP contribution >= 0.6 is 0 Å². The summed E-state index contributed by atoms with van der Waals surface area (Å²) in [6.07, 6.45) is 0.814. The molecule has 0 heterocycles. The van der Waals surface area contributed by atoms with E-state index in [-0.39, 0.29) is 24.3 Å². The number of benzene rings is 2. The number of ketones is 1. The molecule has 1 saturated carbocycles. The van der Waals surface area contributed by atoms with Gasteiger partial charge in [-0.2, -0.15) is 0 Å². The predicted octanol–water partition coefficient (Wildman–Crippen LogP) is 3.06. The van der Waals surface area contributed by atoms with Crippen molar-refractivity contribution < 1.29 is 19.1 Å². The Kier molecular flexibility index (Phi) is 4.93. The van der Waals surface area contributed by atoms with Crippen molar-refractivity contribution in [3.8, 4) is 0 Å². The zero-order valence-electron chi connectivity index (χ0n) is 13.9. The molecule has 1 N–H and O–H groups in total.